The minimum atomic E-state index is 0.178. The van der Waals surface area contributed by atoms with Crippen molar-refractivity contribution < 1.29 is 4.74 Å². The lowest BCUT2D eigenvalue weighted by Gasteiger charge is -2.19. The first-order valence-corrected chi connectivity index (χ1v) is 7.45. The summed E-state index contributed by atoms with van der Waals surface area (Å²) in [5.41, 5.74) is 4.02. The van der Waals surface area contributed by atoms with Crippen molar-refractivity contribution in [1.82, 2.24) is 5.32 Å². The molecule has 2 rings (SSSR count). The molecule has 0 aliphatic carbocycles. The molecule has 0 aliphatic heterocycles. The number of rotatable bonds is 5. The van der Waals surface area contributed by atoms with Crippen LogP contribution in [0.15, 0.2) is 48.5 Å². The van der Waals surface area contributed by atoms with Crippen LogP contribution in [0.2, 0.25) is 0 Å². The van der Waals surface area contributed by atoms with Crippen LogP contribution < -0.4 is 10.1 Å². The van der Waals surface area contributed by atoms with Gasteiger partial charge in [0, 0.05) is 6.54 Å². The number of ether oxygens (including phenoxy) is 1. The van der Waals surface area contributed by atoms with Crippen molar-refractivity contribution in [3.05, 3.63) is 65.2 Å². The zero-order valence-electron chi connectivity index (χ0n) is 13.4. The van der Waals surface area contributed by atoms with Crippen molar-refractivity contribution >= 4 is 0 Å². The summed E-state index contributed by atoms with van der Waals surface area (Å²) in [6.45, 7) is 8.12. The van der Waals surface area contributed by atoms with Gasteiger partial charge in [0.15, 0.2) is 0 Å². The molecule has 112 valence electrons. The summed E-state index contributed by atoms with van der Waals surface area (Å²) in [4.78, 5) is 0. The van der Waals surface area contributed by atoms with Crippen LogP contribution in [-0.4, -0.2) is 7.05 Å². The molecular formula is C19H25NO. The molecule has 2 heteroatoms. The Morgan fingerprint density at radius 1 is 0.905 bits per heavy atom. The highest BCUT2D eigenvalue weighted by Gasteiger charge is 2.13. The van der Waals surface area contributed by atoms with E-state index < -0.39 is 0 Å². The highest BCUT2D eigenvalue weighted by Crippen LogP contribution is 2.24. The van der Waals surface area contributed by atoms with Crippen LogP contribution >= 0.6 is 0 Å². The second kappa shape index (κ2) is 6.77. The second-order valence-electron chi connectivity index (χ2n) is 6.36. The van der Waals surface area contributed by atoms with E-state index in [4.69, 9.17) is 4.74 Å². The third-order valence-electron chi connectivity index (χ3n) is 3.60. The van der Waals surface area contributed by atoms with Crippen LogP contribution in [0.5, 0.6) is 5.75 Å². The Balaban J connectivity index is 2.03. The standard InChI is InChI=1S/C19H25NO/c1-19(2,3)17-9-11-18(12-10-17)21-14-16-8-6-5-7-15(16)13-20-4/h5-12,20H,13-14H2,1-4H3. The molecule has 0 heterocycles. The van der Waals surface area contributed by atoms with Crippen molar-refractivity contribution in [3.63, 3.8) is 0 Å². The smallest absolute Gasteiger partial charge is 0.119 e. The lowest BCUT2D eigenvalue weighted by Crippen LogP contribution is -2.11. The number of hydrogen-bond acceptors (Lipinski definition) is 2. The summed E-state index contributed by atoms with van der Waals surface area (Å²) in [5, 5.41) is 3.19. The Bertz CT molecular complexity index is 567. The lowest BCUT2D eigenvalue weighted by atomic mass is 9.87. The Hall–Kier alpha value is -1.80. The topological polar surface area (TPSA) is 21.3 Å². The summed E-state index contributed by atoms with van der Waals surface area (Å²) >= 11 is 0. The van der Waals surface area contributed by atoms with Crippen LogP contribution in [0.1, 0.15) is 37.5 Å². The lowest BCUT2D eigenvalue weighted by molar-refractivity contribution is 0.304. The van der Waals surface area contributed by atoms with Crippen molar-refractivity contribution in [2.45, 2.75) is 39.3 Å². The molecule has 2 aromatic carbocycles. The fourth-order valence-electron chi connectivity index (χ4n) is 2.27. The third kappa shape index (κ3) is 4.33. The van der Waals surface area contributed by atoms with Crippen LogP contribution in [0, 0.1) is 0 Å². The van der Waals surface area contributed by atoms with E-state index in [1.165, 1.54) is 16.7 Å². The molecular weight excluding hydrogens is 258 g/mol. The maximum atomic E-state index is 5.92. The highest BCUT2D eigenvalue weighted by atomic mass is 16.5. The molecule has 0 saturated carbocycles. The largest absolute Gasteiger partial charge is 0.489 e. The zero-order valence-corrected chi connectivity index (χ0v) is 13.4. The quantitative estimate of drug-likeness (QED) is 0.884. The molecule has 0 amide bonds. The van der Waals surface area contributed by atoms with Crippen LogP contribution in [0.4, 0.5) is 0 Å². The minimum absolute atomic E-state index is 0.178. The van der Waals surface area contributed by atoms with Gasteiger partial charge in [-0.15, -0.1) is 0 Å². The molecule has 0 aromatic heterocycles. The number of benzene rings is 2. The van der Waals surface area contributed by atoms with Gasteiger partial charge in [-0.1, -0.05) is 57.2 Å². The first-order chi connectivity index (χ1) is 10.0. The summed E-state index contributed by atoms with van der Waals surface area (Å²) < 4.78 is 5.92. The van der Waals surface area contributed by atoms with E-state index >= 15 is 0 Å². The van der Waals surface area contributed by atoms with Gasteiger partial charge in [-0.25, -0.2) is 0 Å². The first-order valence-electron chi connectivity index (χ1n) is 7.45. The minimum Gasteiger partial charge on any atom is -0.489 e. The SMILES string of the molecule is CNCc1ccccc1COc1ccc(C(C)(C)C)cc1. The Morgan fingerprint density at radius 2 is 1.52 bits per heavy atom. The maximum Gasteiger partial charge on any atom is 0.119 e. The molecule has 2 nitrogen and oxygen atoms in total. The normalized spacial score (nSPS) is 11.4. The first kappa shape index (κ1) is 15.6. The summed E-state index contributed by atoms with van der Waals surface area (Å²) in [6, 6.07) is 16.8. The van der Waals surface area contributed by atoms with Gasteiger partial charge in [-0.05, 0) is 41.3 Å². The molecule has 0 spiro atoms. The highest BCUT2D eigenvalue weighted by molar-refractivity contribution is 5.32. The molecule has 1 N–H and O–H groups in total. The molecule has 2 aromatic rings. The van der Waals surface area contributed by atoms with Gasteiger partial charge < -0.3 is 10.1 Å². The van der Waals surface area contributed by atoms with Gasteiger partial charge in [-0.3, -0.25) is 0 Å². The van der Waals surface area contributed by atoms with Gasteiger partial charge in [0.05, 0.1) is 0 Å². The van der Waals surface area contributed by atoms with Crippen LogP contribution in [-0.2, 0) is 18.6 Å². The van der Waals surface area contributed by atoms with Crippen LogP contribution in [0.25, 0.3) is 0 Å². The molecule has 0 atom stereocenters. The van der Waals surface area contributed by atoms with Gasteiger partial charge >= 0.3 is 0 Å². The van der Waals surface area contributed by atoms with Crippen molar-refractivity contribution in [3.8, 4) is 5.75 Å². The van der Waals surface area contributed by atoms with E-state index in [0.29, 0.717) is 6.61 Å². The van der Waals surface area contributed by atoms with Crippen molar-refractivity contribution in [1.29, 1.82) is 0 Å². The van der Waals surface area contributed by atoms with E-state index in [0.717, 1.165) is 12.3 Å². The summed E-state index contributed by atoms with van der Waals surface area (Å²) in [5.74, 6) is 0.919. The van der Waals surface area contributed by atoms with E-state index in [1.807, 2.05) is 7.05 Å². The fourth-order valence-corrected chi connectivity index (χ4v) is 2.27. The third-order valence-corrected chi connectivity index (χ3v) is 3.60. The molecule has 0 saturated heterocycles. The van der Waals surface area contributed by atoms with E-state index in [1.54, 1.807) is 0 Å². The fraction of sp³-hybridized carbons (Fsp3) is 0.368. The molecule has 0 aliphatic rings. The van der Waals surface area contributed by atoms with Crippen molar-refractivity contribution in [2.24, 2.45) is 0 Å². The van der Waals surface area contributed by atoms with Gasteiger partial charge in [0.25, 0.3) is 0 Å². The molecule has 21 heavy (non-hydrogen) atoms. The predicted molar refractivity (Wildman–Crippen MR) is 88.7 cm³/mol. The predicted octanol–water partition coefficient (Wildman–Crippen LogP) is 4.28. The van der Waals surface area contributed by atoms with Gasteiger partial charge in [-0.2, -0.15) is 0 Å². The zero-order chi connectivity index (χ0) is 15.3. The van der Waals surface area contributed by atoms with E-state index in [-0.39, 0.29) is 5.41 Å². The maximum absolute atomic E-state index is 5.92. The average molecular weight is 283 g/mol. The van der Waals surface area contributed by atoms with Crippen LogP contribution in [0.3, 0.4) is 0 Å². The molecule has 0 unspecified atom stereocenters. The number of hydrogen-bond donors (Lipinski definition) is 1. The summed E-state index contributed by atoms with van der Waals surface area (Å²) in [7, 11) is 1.96. The van der Waals surface area contributed by atoms with Crippen molar-refractivity contribution in [2.75, 3.05) is 7.05 Å². The summed E-state index contributed by atoms with van der Waals surface area (Å²) in [6.07, 6.45) is 0. The Morgan fingerprint density at radius 3 is 2.10 bits per heavy atom. The number of nitrogens with one attached hydrogen (secondary N) is 1. The molecule has 0 fully saturated rings. The Labute approximate surface area is 128 Å². The second-order valence-corrected chi connectivity index (χ2v) is 6.36. The monoisotopic (exact) mass is 283 g/mol. The van der Waals surface area contributed by atoms with E-state index in [9.17, 15) is 0 Å². The van der Waals surface area contributed by atoms with E-state index in [2.05, 4.69) is 74.6 Å². The van der Waals surface area contributed by atoms with Gasteiger partial charge in [0.1, 0.15) is 12.4 Å². The molecule has 0 bridgehead atoms. The van der Waals surface area contributed by atoms with Gasteiger partial charge in [0.2, 0.25) is 0 Å². The molecule has 0 radical (unpaired) electrons. The Kier molecular flexibility index (Phi) is 5.03. The average Bonchev–Trinajstić information content (AvgIpc) is 2.46.